The van der Waals surface area contributed by atoms with Crippen LogP contribution in [0.15, 0.2) is 242 Å². The third-order valence-electron chi connectivity index (χ3n) is 15.7. The number of halogens is 2. The lowest BCUT2D eigenvalue weighted by Crippen LogP contribution is -2.17. The SMILES string of the molecule is CC(C)(C)c1ccc(N(c2cccc(-c3ccccc3-c3ccccc3)c2)c2cc(Cl)cc(N(c3ccc(C(C)(C)C)cc3-c3ccc4ccc5cccc6ccc3c4c56)c3csc4ccc(-c5ccccc5)cc34)c2Cl)cc1. The molecule has 0 bridgehead atoms. The first kappa shape index (κ1) is 50.3. The van der Waals surface area contributed by atoms with E-state index in [-0.39, 0.29) is 10.8 Å². The fraction of sp³-hybridized carbons (Fsp3) is 0.108. The van der Waals surface area contributed by atoms with Crippen molar-refractivity contribution in [3.8, 4) is 44.5 Å². The van der Waals surface area contributed by atoms with Gasteiger partial charge >= 0.3 is 0 Å². The van der Waals surface area contributed by atoms with Gasteiger partial charge in [-0.3, -0.25) is 0 Å². The molecule has 0 saturated heterocycles. The van der Waals surface area contributed by atoms with Crippen LogP contribution in [0.2, 0.25) is 10.0 Å². The summed E-state index contributed by atoms with van der Waals surface area (Å²) >= 11 is 17.7. The lowest BCUT2D eigenvalue weighted by molar-refractivity contribution is 0.590. The van der Waals surface area contributed by atoms with Gasteiger partial charge in [0.05, 0.1) is 27.8 Å². The van der Waals surface area contributed by atoms with Gasteiger partial charge in [0.2, 0.25) is 0 Å². The van der Waals surface area contributed by atoms with Crippen LogP contribution in [-0.2, 0) is 10.8 Å². The average Bonchev–Trinajstić information content (AvgIpc) is 3.99. The fourth-order valence-corrected chi connectivity index (χ4v) is 13.0. The van der Waals surface area contributed by atoms with Crippen LogP contribution in [0, 0.1) is 0 Å². The second kappa shape index (κ2) is 19.9. The highest BCUT2D eigenvalue weighted by atomic mass is 35.5. The van der Waals surface area contributed by atoms with E-state index < -0.39 is 0 Å². The maximum absolute atomic E-state index is 8.34. The topological polar surface area (TPSA) is 6.48 Å². The van der Waals surface area contributed by atoms with Gasteiger partial charge in [0.1, 0.15) is 0 Å². The molecule has 0 fully saturated rings. The Morgan fingerprint density at radius 3 is 1.62 bits per heavy atom. The van der Waals surface area contributed by atoms with Crippen molar-refractivity contribution in [2.24, 2.45) is 0 Å². The minimum atomic E-state index is -0.151. The Bertz CT molecular complexity index is 4400. The van der Waals surface area contributed by atoms with E-state index in [2.05, 4.69) is 287 Å². The zero-order valence-corrected chi connectivity index (χ0v) is 47.5. The first-order valence-corrected chi connectivity index (χ1v) is 28.7. The second-order valence-electron chi connectivity index (χ2n) is 22.8. The number of rotatable bonds is 10. The van der Waals surface area contributed by atoms with Gasteiger partial charge in [-0.25, -0.2) is 0 Å². The molecule has 5 heteroatoms. The van der Waals surface area contributed by atoms with Crippen molar-refractivity contribution in [1.82, 2.24) is 0 Å². The summed E-state index contributed by atoms with van der Waals surface area (Å²) in [5, 5.41) is 12.0. The molecule has 0 aliphatic heterocycles. The van der Waals surface area contributed by atoms with Gasteiger partial charge in [-0.05, 0) is 154 Å². The quantitative estimate of drug-likeness (QED) is 0.126. The van der Waals surface area contributed by atoms with E-state index in [0.29, 0.717) is 10.0 Å². The van der Waals surface area contributed by atoms with E-state index in [9.17, 15) is 0 Å². The largest absolute Gasteiger partial charge is 0.309 e. The molecule has 0 aliphatic rings. The monoisotopic (exact) mass is 1080 g/mol. The van der Waals surface area contributed by atoms with Crippen molar-refractivity contribution in [2.45, 2.75) is 52.4 Å². The highest BCUT2D eigenvalue weighted by Crippen LogP contribution is 2.54. The molecule has 12 aromatic carbocycles. The van der Waals surface area contributed by atoms with Crippen molar-refractivity contribution in [2.75, 3.05) is 9.80 Å². The average molecular weight is 1080 g/mol. The highest BCUT2D eigenvalue weighted by molar-refractivity contribution is 7.17. The fourth-order valence-electron chi connectivity index (χ4n) is 11.6. The maximum atomic E-state index is 8.34. The summed E-state index contributed by atoms with van der Waals surface area (Å²) in [7, 11) is 0. The summed E-state index contributed by atoms with van der Waals surface area (Å²) in [6, 6.07) is 85.9. The number of nitrogens with zero attached hydrogens (tertiary/aromatic N) is 2. The molecule has 0 saturated carbocycles. The van der Waals surface area contributed by atoms with Crippen molar-refractivity contribution >= 4 is 111 Å². The number of benzene rings is 12. The van der Waals surface area contributed by atoms with E-state index in [1.165, 1.54) is 48.1 Å². The number of anilines is 6. The summed E-state index contributed by atoms with van der Waals surface area (Å²) in [5.41, 5.74) is 16.8. The Kier molecular flexibility index (Phi) is 12.7. The molecule has 1 aromatic heterocycles. The lowest BCUT2D eigenvalue weighted by atomic mass is 9.83. The Labute approximate surface area is 477 Å². The summed E-state index contributed by atoms with van der Waals surface area (Å²) in [6.45, 7) is 13.6. The Morgan fingerprint density at radius 2 is 0.924 bits per heavy atom. The molecule has 2 nitrogen and oxygen atoms in total. The van der Waals surface area contributed by atoms with Crippen LogP contribution in [0.5, 0.6) is 0 Å². The van der Waals surface area contributed by atoms with E-state index in [1.807, 2.05) is 6.07 Å². The standard InChI is InChI=1S/C74H58Cl2N2S/c1-73(2,3)54-32-35-57(36-33-54)77(58-24-16-23-53(41-58)60-26-14-13-25-59(60)48-19-11-8-12-20-48)66-44-56(75)45-67(72(66)76)78(68-46-79-69-40-31-52(42-64(68)69)47-17-9-7-10-18-47)65-39-34-55(74(4,5)6)43-63(65)61-37-29-51-28-27-49-21-15-22-50-30-38-62(61)71(51)70(49)50/h7-46H,1-6H3. The molecular formula is C74H58Cl2N2S. The number of thiophene rings is 1. The maximum Gasteiger partial charge on any atom is 0.0888 e. The first-order chi connectivity index (χ1) is 38.3. The zero-order valence-electron chi connectivity index (χ0n) is 45.2. The van der Waals surface area contributed by atoms with Gasteiger partial charge in [0.15, 0.2) is 0 Å². The molecule has 0 aliphatic carbocycles. The van der Waals surface area contributed by atoms with E-state index in [4.69, 9.17) is 23.2 Å². The Balaban J connectivity index is 1.08. The summed E-state index contributed by atoms with van der Waals surface area (Å²) in [6.07, 6.45) is 0. The molecule has 13 aromatic rings. The minimum absolute atomic E-state index is 0.0512. The molecule has 0 spiro atoms. The van der Waals surface area contributed by atoms with Gasteiger partial charge in [-0.2, -0.15) is 0 Å². The summed E-state index contributed by atoms with van der Waals surface area (Å²) < 4.78 is 1.17. The van der Waals surface area contributed by atoms with Crippen LogP contribution in [0.3, 0.4) is 0 Å². The van der Waals surface area contributed by atoms with Gasteiger partial charge in [0.25, 0.3) is 0 Å². The molecular weight excluding hydrogens is 1020 g/mol. The zero-order chi connectivity index (χ0) is 54.2. The third kappa shape index (κ3) is 9.20. The van der Waals surface area contributed by atoms with Gasteiger partial charge in [-0.1, -0.05) is 241 Å². The van der Waals surface area contributed by atoms with Crippen molar-refractivity contribution < 1.29 is 0 Å². The van der Waals surface area contributed by atoms with Crippen LogP contribution >= 0.6 is 34.5 Å². The summed E-state index contributed by atoms with van der Waals surface area (Å²) in [4.78, 5) is 4.67. The molecule has 0 amide bonds. The predicted octanol–water partition coefficient (Wildman–Crippen LogP) is 23.3. The van der Waals surface area contributed by atoms with Crippen LogP contribution in [0.25, 0.3) is 86.9 Å². The number of fused-ring (bicyclic) bond motifs is 1. The highest BCUT2D eigenvalue weighted by Gasteiger charge is 2.30. The van der Waals surface area contributed by atoms with Gasteiger partial charge in [0, 0.05) is 37.4 Å². The van der Waals surface area contributed by atoms with Crippen molar-refractivity contribution in [1.29, 1.82) is 0 Å². The Morgan fingerprint density at radius 1 is 0.342 bits per heavy atom. The predicted molar refractivity (Wildman–Crippen MR) is 344 cm³/mol. The van der Waals surface area contributed by atoms with E-state index >= 15 is 0 Å². The lowest BCUT2D eigenvalue weighted by Gasteiger charge is -2.33. The molecule has 0 atom stereocenters. The van der Waals surface area contributed by atoms with Crippen LogP contribution in [0.1, 0.15) is 52.7 Å². The molecule has 79 heavy (non-hydrogen) atoms. The van der Waals surface area contributed by atoms with Crippen molar-refractivity contribution in [3.05, 3.63) is 263 Å². The summed E-state index contributed by atoms with van der Waals surface area (Å²) in [5.74, 6) is 0. The van der Waals surface area contributed by atoms with Gasteiger partial charge in [-0.15, -0.1) is 11.3 Å². The second-order valence-corrected chi connectivity index (χ2v) is 24.6. The number of hydrogen-bond donors (Lipinski definition) is 0. The molecule has 13 rings (SSSR count). The molecule has 0 unspecified atom stereocenters. The third-order valence-corrected chi connectivity index (χ3v) is 17.3. The van der Waals surface area contributed by atoms with Gasteiger partial charge < -0.3 is 9.80 Å². The number of hydrogen-bond acceptors (Lipinski definition) is 3. The molecule has 384 valence electrons. The van der Waals surface area contributed by atoms with Crippen LogP contribution in [0.4, 0.5) is 34.1 Å². The first-order valence-electron chi connectivity index (χ1n) is 27.1. The van der Waals surface area contributed by atoms with E-state index in [0.717, 1.165) is 84.0 Å². The molecule has 0 radical (unpaired) electrons. The normalized spacial score (nSPS) is 12.1. The van der Waals surface area contributed by atoms with Crippen molar-refractivity contribution in [3.63, 3.8) is 0 Å². The molecule has 1 heterocycles. The molecule has 0 N–H and O–H groups in total. The minimum Gasteiger partial charge on any atom is -0.309 e. The van der Waals surface area contributed by atoms with Crippen LogP contribution < -0.4 is 9.80 Å². The Hall–Kier alpha value is -8.18. The van der Waals surface area contributed by atoms with E-state index in [1.54, 1.807) is 11.3 Å². The smallest absolute Gasteiger partial charge is 0.0888 e. The van der Waals surface area contributed by atoms with Crippen LogP contribution in [-0.4, -0.2) is 0 Å².